The van der Waals surface area contributed by atoms with Crippen LogP contribution >= 0.6 is 0 Å². The number of benzene rings is 1. The molecule has 1 atom stereocenters. The number of anilines is 1. The Morgan fingerprint density at radius 3 is 2.59 bits per heavy atom. The summed E-state index contributed by atoms with van der Waals surface area (Å²) in [6.07, 6.45) is 1.34. The van der Waals surface area contributed by atoms with Gasteiger partial charge in [-0.2, -0.15) is 10.2 Å². The molecule has 10 nitrogen and oxygen atoms in total. The SMILES string of the molecule is CCN(CC)c1ccc(C=NNC(=O)C(C)n2nc(C)c([N+](=O)[O-])c2C)c(O)c1. The van der Waals surface area contributed by atoms with E-state index in [9.17, 15) is 20.0 Å². The molecule has 0 aliphatic rings. The first-order valence-corrected chi connectivity index (χ1v) is 9.32. The lowest BCUT2D eigenvalue weighted by atomic mass is 10.2. The summed E-state index contributed by atoms with van der Waals surface area (Å²) in [6.45, 7) is 10.3. The van der Waals surface area contributed by atoms with E-state index in [0.29, 0.717) is 11.3 Å². The molecule has 0 bridgehead atoms. The lowest BCUT2D eigenvalue weighted by molar-refractivity contribution is -0.386. The average Bonchev–Trinajstić information content (AvgIpc) is 2.97. The second kappa shape index (κ2) is 9.18. The zero-order chi connectivity index (χ0) is 21.7. The van der Waals surface area contributed by atoms with E-state index in [1.165, 1.54) is 17.8 Å². The Kier molecular flexibility index (Phi) is 6.92. The van der Waals surface area contributed by atoms with Crippen molar-refractivity contribution in [2.45, 2.75) is 40.7 Å². The van der Waals surface area contributed by atoms with Gasteiger partial charge in [0.1, 0.15) is 23.2 Å². The van der Waals surface area contributed by atoms with Crippen molar-refractivity contribution in [3.63, 3.8) is 0 Å². The second-order valence-corrected chi connectivity index (χ2v) is 6.55. The van der Waals surface area contributed by atoms with Crippen LogP contribution in [0.2, 0.25) is 0 Å². The molecule has 0 saturated carbocycles. The fraction of sp³-hybridized carbons (Fsp3) is 0.421. The van der Waals surface area contributed by atoms with Gasteiger partial charge in [-0.25, -0.2) is 5.43 Å². The molecule has 1 aromatic heterocycles. The summed E-state index contributed by atoms with van der Waals surface area (Å²) in [4.78, 5) is 25.1. The molecule has 156 valence electrons. The topological polar surface area (TPSA) is 126 Å². The molecule has 0 aliphatic heterocycles. The zero-order valence-electron chi connectivity index (χ0n) is 17.2. The van der Waals surface area contributed by atoms with E-state index >= 15 is 0 Å². The number of aryl methyl sites for hydroxylation is 1. The van der Waals surface area contributed by atoms with E-state index in [2.05, 4.69) is 20.5 Å². The van der Waals surface area contributed by atoms with Crippen molar-refractivity contribution >= 4 is 23.5 Å². The summed E-state index contributed by atoms with van der Waals surface area (Å²) in [7, 11) is 0. The standard InChI is InChI=1S/C19H26N6O4/c1-6-23(7-2)16-9-8-15(17(26)10-16)11-20-21-19(27)14(5)24-13(4)18(25(28)29)12(3)22-24/h8-11,14,26H,6-7H2,1-5H3,(H,21,27). The number of hydrogen-bond donors (Lipinski definition) is 2. The van der Waals surface area contributed by atoms with E-state index in [-0.39, 0.29) is 17.1 Å². The first-order valence-electron chi connectivity index (χ1n) is 9.32. The predicted molar refractivity (Wildman–Crippen MR) is 110 cm³/mol. The molecule has 1 amide bonds. The molecule has 2 rings (SSSR count). The van der Waals surface area contributed by atoms with Gasteiger partial charge in [0.25, 0.3) is 5.91 Å². The Labute approximate surface area is 169 Å². The van der Waals surface area contributed by atoms with E-state index in [1.807, 2.05) is 19.9 Å². The van der Waals surface area contributed by atoms with E-state index in [1.54, 1.807) is 26.0 Å². The fourth-order valence-electron chi connectivity index (χ4n) is 3.09. The summed E-state index contributed by atoms with van der Waals surface area (Å²) in [5, 5.41) is 29.3. The van der Waals surface area contributed by atoms with Crippen LogP contribution in [0.4, 0.5) is 11.4 Å². The van der Waals surface area contributed by atoms with Crippen molar-refractivity contribution < 1.29 is 14.8 Å². The number of phenolic OH excluding ortho intramolecular Hbond substituents is 1. The van der Waals surface area contributed by atoms with Gasteiger partial charge in [-0.05, 0) is 46.8 Å². The first kappa shape index (κ1) is 21.9. The third-order valence-corrected chi connectivity index (χ3v) is 4.74. The van der Waals surface area contributed by atoms with Crippen LogP contribution in [0.1, 0.15) is 43.8 Å². The molecule has 2 aromatic rings. The van der Waals surface area contributed by atoms with Gasteiger partial charge in [0.05, 0.1) is 11.1 Å². The molecule has 0 aliphatic carbocycles. The number of hydrazone groups is 1. The van der Waals surface area contributed by atoms with Crippen LogP contribution in [-0.2, 0) is 4.79 Å². The lowest BCUT2D eigenvalue weighted by Crippen LogP contribution is -2.28. The zero-order valence-corrected chi connectivity index (χ0v) is 17.2. The number of carbonyl (C=O) groups excluding carboxylic acids is 1. The summed E-state index contributed by atoms with van der Waals surface area (Å²) < 4.78 is 1.30. The van der Waals surface area contributed by atoms with Gasteiger partial charge in [-0.15, -0.1) is 0 Å². The van der Waals surface area contributed by atoms with Gasteiger partial charge < -0.3 is 10.0 Å². The van der Waals surface area contributed by atoms with Gasteiger partial charge in [0, 0.05) is 30.4 Å². The molecule has 0 saturated heterocycles. The number of nitrogens with one attached hydrogen (secondary N) is 1. The molecule has 0 fully saturated rings. The van der Waals surface area contributed by atoms with Crippen molar-refractivity contribution in [3.8, 4) is 5.75 Å². The van der Waals surface area contributed by atoms with Gasteiger partial charge >= 0.3 is 5.69 Å². The van der Waals surface area contributed by atoms with Gasteiger partial charge in [0.15, 0.2) is 0 Å². The Bertz CT molecular complexity index is 933. The number of hydrogen-bond acceptors (Lipinski definition) is 7. The minimum atomic E-state index is -0.793. The summed E-state index contributed by atoms with van der Waals surface area (Å²) >= 11 is 0. The molecule has 1 unspecified atom stereocenters. The normalized spacial score (nSPS) is 12.2. The van der Waals surface area contributed by atoms with Crippen molar-refractivity contribution in [2.75, 3.05) is 18.0 Å². The molecule has 29 heavy (non-hydrogen) atoms. The number of nitrogens with zero attached hydrogens (tertiary/aromatic N) is 5. The predicted octanol–water partition coefficient (Wildman–Crippen LogP) is 2.67. The molecule has 1 heterocycles. The Morgan fingerprint density at radius 1 is 1.41 bits per heavy atom. The Hall–Kier alpha value is -3.43. The molecule has 10 heteroatoms. The van der Waals surface area contributed by atoms with Crippen LogP contribution in [0.25, 0.3) is 0 Å². The van der Waals surface area contributed by atoms with Crippen LogP contribution in [0.3, 0.4) is 0 Å². The minimum absolute atomic E-state index is 0.0506. The van der Waals surface area contributed by atoms with Gasteiger partial charge in [-0.3, -0.25) is 19.6 Å². The van der Waals surface area contributed by atoms with Crippen molar-refractivity contribution in [3.05, 3.63) is 45.3 Å². The summed E-state index contributed by atoms with van der Waals surface area (Å²) in [5.74, 6) is -0.435. The lowest BCUT2D eigenvalue weighted by Gasteiger charge is -2.21. The smallest absolute Gasteiger partial charge is 0.312 e. The molecule has 2 N–H and O–H groups in total. The highest BCUT2D eigenvalue weighted by atomic mass is 16.6. The molecule has 1 aromatic carbocycles. The van der Waals surface area contributed by atoms with E-state index in [4.69, 9.17) is 0 Å². The first-order chi connectivity index (χ1) is 13.7. The monoisotopic (exact) mass is 402 g/mol. The highest BCUT2D eigenvalue weighted by Crippen LogP contribution is 2.25. The molecule has 0 spiro atoms. The van der Waals surface area contributed by atoms with Crippen LogP contribution in [0.5, 0.6) is 5.75 Å². The maximum absolute atomic E-state index is 12.4. The van der Waals surface area contributed by atoms with Gasteiger partial charge in [-0.1, -0.05) is 0 Å². The minimum Gasteiger partial charge on any atom is -0.507 e. The fourth-order valence-corrected chi connectivity index (χ4v) is 3.09. The third kappa shape index (κ3) is 4.71. The number of aromatic nitrogens is 2. The van der Waals surface area contributed by atoms with Crippen molar-refractivity contribution in [1.82, 2.24) is 15.2 Å². The number of rotatable bonds is 8. The molecule has 0 radical (unpaired) electrons. The molecular weight excluding hydrogens is 376 g/mol. The Balaban J connectivity index is 2.10. The van der Waals surface area contributed by atoms with Crippen molar-refractivity contribution in [2.24, 2.45) is 5.10 Å². The van der Waals surface area contributed by atoms with Crippen LogP contribution in [0.15, 0.2) is 23.3 Å². The van der Waals surface area contributed by atoms with Gasteiger partial charge in [0.2, 0.25) is 0 Å². The highest BCUT2D eigenvalue weighted by molar-refractivity contribution is 5.86. The quantitative estimate of drug-likeness (QED) is 0.397. The van der Waals surface area contributed by atoms with Crippen LogP contribution < -0.4 is 10.3 Å². The number of aromatic hydroxyl groups is 1. The second-order valence-electron chi connectivity index (χ2n) is 6.55. The highest BCUT2D eigenvalue weighted by Gasteiger charge is 2.26. The number of nitro groups is 1. The maximum atomic E-state index is 12.4. The van der Waals surface area contributed by atoms with Crippen LogP contribution in [0, 0.1) is 24.0 Å². The van der Waals surface area contributed by atoms with Crippen molar-refractivity contribution in [1.29, 1.82) is 0 Å². The number of phenols is 1. The maximum Gasteiger partial charge on any atom is 0.312 e. The Morgan fingerprint density at radius 2 is 2.07 bits per heavy atom. The third-order valence-electron chi connectivity index (χ3n) is 4.74. The van der Waals surface area contributed by atoms with Crippen LogP contribution in [-0.4, -0.2) is 45.0 Å². The van der Waals surface area contributed by atoms with E-state index < -0.39 is 16.9 Å². The van der Waals surface area contributed by atoms with E-state index in [0.717, 1.165) is 18.8 Å². The number of amides is 1. The average molecular weight is 402 g/mol. The largest absolute Gasteiger partial charge is 0.507 e. The number of carbonyl (C=O) groups is 1. The molecular formula is C19H26N6O4. The summed E-state index contributed by atoms with van der Waals surface area (Å²) in [5.41, 5.74) is 4.17. The summed E-state index contributed by atoms with van der Waals surface area (Å²) in [6, 6.07) is 4.44.